The Kier molecular flexibility index (Phi) is 5.46. The van der Waals surface area contributed by atoms with Gasteiger partial charge in [0.25, 0.3) is 11.8 Å². The summed E-state index contributed by atoms with van der Waals surface area (Å²) < 4.78 is 9.36. The van der Waals surface area contributed by atoms with Crippen molar-refractivity contribution in [1.82, 2.24) is 5.32 Å². The second kappa shape index (κ2) is 7.73. The van der Waals surface area contributed by atoms with E-state index in [9.17, 15) is 24.5 Å². The molecule has 25 heavy (non-hydrogen) atoms. The highest BCUT2D eigenvalue weighted by Gasteiger charge is 2.19. The van der Waals surface area contributed by atoms with Crippen LogP contribution in [0, 0.1) is 10.1 Å². The maximum absolute atomic E-state index is 11.7. The van der Waals surface area contributed by atoms with Gasteiger partial charge in [0, 0.05) is 18.3 Å². The van der Waals surface area contributed by atoms with Gasteiger partial charge in [0.15, 0.2) is 6.61 Å². The van der Waals surface area contributed by atoms with Crippen LogP contribution in [0.1, 0.15) is 20.9 Å². The summed E-state index contributed by atoms with van der Waals surface area (Å²) in [5, 5.41) is 15.4. The number of hydrogen-bond acceptors (Lipinski definition) is 7. The number of benzene rings is 1. The van der Waals surface area contributed by atoms with Crippen LogP contribution in [0.5, 0.6) is 0 Å². The Morgan fingerprint density at radius 3 is 2.40 bits per heavy atom. The van der Waals surface area contributed by atoms with Crippen LogP contribution in [0.4, 0.5) is 11.6 Å². The molecule has 0 saturated heterocycles. The van der Waals surface area contributed by atoms with E-state index in [4.69, 9.17) is 4.74 Å². The molecule has 10 nitrogen and oxygen atoms in total. The number of carbonyl (C=O) groups is 3. The summed E-state index contributed by atoms with van der Waals surface area (Å²) in [7, 11) is 1.50. The van der Waals surface area contributed by atoms with Gasteiger partial charge in [0.2, 0.25) is 5.76 Å². The minimum absolute atomic E-state index is 0.264. The second-order valence-corrected chi connectivity index (χ2v) is 4.68. The van der Waals surface area contributed by atoms with Crippen LogP contribution in [0.3, 0.4) is 0 Å². The minimum Gasteiger partial charge on any atom is -0.450 e. The van der Waals surface area contributed by atoms with Crippen molar-refractivity contribution in [3.8, 4) is 0 Å². The van der Waals surface area contributed by atoms with Crippen LogP contribution in [-0.2, 0) is 9.53 Å². The number of carbonyl (C=O) groups excluding carboxylic acids is 3. The molecule has 2 rings (SSSR count). The minimum atomic E-state index is -1.00. The smallest absolute Gasteiger partial charge is 0.433 e. The third-order valence-electron chi connectivity index (χ3n) is 2.97. The standard InChI is InChI=1S/C15H13N3O7/c1-16-14(20)9-2-4-10(5-3-9)17-12(19)8-24-15(21)11-6-7-13(25-11)18(22)23/h2-7H,8H2,1H3,(H,16,20)(H,17,19). The Morgan fingerprint density at radius 1 is 1.16 bits per heavy atom. The van der Waals surface area contributed by atoms with Crippen molar-refractivity contribution >= 4 is 29.4 Å². The second-order valence-electron chi connectivity index (χ2n) is 4.68. The number of nitrogens with one attached hydrogen (secondary N) is 2. The van der Waals surface area contributed by atoms with E-state index < -0.39 is 29.3 Å². The molecule has 0 fully saturated rings. The molecule has 1 aromatic carbocycles. The average molecular weight is 347 g/mol. The molecule has 10 heteroatoms. The zero-order valence-electron chi connectivity index (χ0n) is 13.0. The topological polar surface area (TPSA) is 141 Å². The van der Waals surface area contributed by atoms with Gasteiger partial charge in [0.05, 0.1) is 6.07 Å². The summed E-state index contributed by atoms with van der Waals surface area (Å²) in [5.74, 6) is -2.87. The van der Waals surface area contributed by atoms with Crippen molar-refractivity contribution in [1.29, 1.82) is 0 Å². The third-order valence-corrected chi connectivity index (χ3v) is 2.97. The van der Waals surface area contributed by atoms with Crippen LogP contribution in [0.2, 0.25) is 0 Å². The highest BCUT2D eigenvalue weighted by molar-refractivity contribution is 5.96. The summed E-state index contributed by atoms with van der Waals surface area (Å²) in [6.45, 7) is -0.607. The maximum atomic E-state index is 11.7. The van der Waals surface area contributed by atoms with Crippen LogP contribution < -0.4 is 10.6 Å². The van der Waals surface area contributed by atoms with Crippen LogP contribution >= 0.6 is 0 Å². The molecule has 2 aromatic rings. The van der Waals surface area contributed by atoms with Gasteiger partial charge in [-0.2, -0.15) is 0 Å². The van der Waals surface area contributed by atoms with Crippen molar-refractivity contribution in [3.05, 3.63) is 57.8 Å². The zero-order chi connectivity index (χ0) is 18.4. The molecule has 0 aliphatic heterocycles. The molecule has 0 bridgehead atoms. The number of nitrogens with zero attached hydrogens (tertiary/aromatic N) is 1. The van der Waals surface area contributed by atoms with Gasteiger partial charge < -0.3 is 19.8 Å². The molecule has 1 aromatic heterocycles. The van der Waals surface area contributed by atoms with Gasteiger partial charge in [0.1, 0.15) is 4.92 Å². The van der Waals surface area contributed by atoms with E-state index in [-0.39, 0.29) is 11.7 Å². The lowest BCUT2D eigenvalue weighted by atomic mass is 10.2. The number of furan rings is 1. The van der Waals surface area contributed by atoms with Gasteiger partial charge in [-0.15, -0.1) is 0 Å². The SMILES string of the molecule is CNC(=O)c1ccc(NC(=O)COC(=O)c2ccc([N+](=O)[O-])o2)cc1. The van der Waals surface area contributed by atoms with Gasteiger partial charge >= 0.3 is 11.9 Å². The monoisotopic (exact) mass is 347 g/mol. The van der Waals surface area contributed by atoms with E-state index in [0.29, 0.717) is 11.3 Å². The predicted octanol–water partition coefficient (Wildman–Crippen LogP) is 1.34. The van der Waals surface area contributed by atoms with E-state index in [2.05, 4.69) is 15.1 Å². The molecule has 0 radical (unpaired) electrons. The molecule has 0 saturated carbocycles. The number of amides is 2. The Hall–Kier alpha value is -3.69. The van der Waals surface area contributed by atoms with E-state index in [1.54, 1.807) is 0 Å². The normalized spacial score (nSPS) is 9.96. The van der Waals surface area contributed by atoms with Gasteiger partial charge in [-0.3, -0.25) is 19.7 Å². The highest BCUT2D eigenvalue weighted by Crippen LogP contribution is 2.16. The third kappa shape index (κ3) is 4.64. The molecule has 1 heterocycles. The predicted molar refractivity (Wildman–Crippen MR) is 84.1 cm³/mol. The number of rotatable bonds is 6. The van der Waals surface area contributed by atoms with Crippen LogP contribution in [0.15, 0.2) is 40.8 Å². The maximum Gasteiger partial charge on any atom is 0.433 e. The first-order chi connectivity index (χ1) is 11.9. The first-order valence-corrected chi connectivity index (χ1v) is 6.94. The van der Waals surface area contributed by atoms with Crippen molar-refractivity contribution in [3.63, 3.8) is 0 Å². The fourth-order valence-corrected chi connectivity index (χ4v) is 1.78. The Morgan fingerprint density at radius 2 is 1.84 bits per heavy atom. The van der Waals surface area contributed by atoms with Crippen molar-refractivity contribution in [2.24, 2.45) is 0 Å². The first kappa shape index (κ1) is 17.7. The fourth-order valence-electron chi connectivity index (χ4n) is 1.78. The summed E-state index contributed by atoms with van der Waals surface area (Å²) in [4.78, 5) is 44.4. The largest absolute Gasteiger partial charge is 0.450 e. The molecule has 0 aliphatic carbocycles. The Labute approximate surface area is 140 Å². The lowest BCUT2D eigenvalue weighted by Gasteiger charge is -2.06. The van der Waals surface area contributed by atoms with Gasteiger partial charge in [-0.05, 0) is 30.3 Å². The summed E-state index contributed by atoms with van der Waals surface area (Å²) in [5.41, 5.74) is 0.827. The molecular weight excluding hydrogens is 334 g/mol. The van der Waals surface area contributed by atoms with Gasteiger partial charge in [-0.1, -0.05) is 0 Å². The highest BCUT2D eigenvalue weighted by atomic mass is 16.7. The lowest BCUT2D eigenvalue weighted by Crippen LogP contribution is -2.21. The van der Waals surface area contributed by atoms with E-state index >= 15 is 0 Å². The molecule has 0 atom stereocenters. The van der Waals surface area contributed by atoms with Gasteiger partial charge in [-0.25, -0.2) is 4.79 Å². The van der Waals surface area contributed by atoms with Crippen molar-refractivity contribution < 1.29 is 28.5 Å². The molecule has 0 unspecified atom stereocenters. The molecule has 2 amide bonds. The Bertz CT molecular complexity index is 811. The van der Waals surface area contributed by atoms with E-state index in [1.165, 1.54) is 31.3 Å². The Balaban J connectivity index is 1.86. The average Bonchev–Trinajstić information content (AvgIpc) is 3.10. The molecular formula is C15H13N3O7. The molecule has 0 aliphatic rings. The van der Waals surface area contributed by atoms with Crippen LogP contribution in [0.25, 0.3) is 0 Å². The first-order valence-electron chi connectivity index (χ1n) is 6.94. The van der Waals surface area contributed by atoms with Crippen molar-refractivity contribution in [2.45, 2.75) is 0 Å². The lowest BCUT2D eigenvalue weighted by molar-refractivity contribution is -0.402. The van der Waals surface area contributed by atoms with Crippen LogP contribution in [-0.4, -0.2) is 36.4 Å². The number of nitro groups is 1. The quantitative estimate of drug-likeness (QED) is 0.456. The number of esters is 1. The number of anilines is 1. The van der Waals surface area contributed by atoms with E-state index in [1.807, 2.05) is 0 Å². The zero-order valence-corrected chi connectivity index (χ0v) is 13.0. The summed E-state index contributed by atoms with van der Waals surface area (Å²) in [6.07, 6.45) is 0. The number of ether oxygens (including phenoxy) is 1. The fraction of sp³-hybridized carbons (Fsp3) is 0.133. The van der Waals surface area contributed by atoms with Crippen molar-refractivity contribution in [2.75, 3.05) is 19.0 Å². The number of hydrogen-bond donors (Lipinski definition) is 2. The molecule has 0 spiro atoms. The summed E-state index contributed by atoms with van der Waals surface area (Å²) in [6, 6.07) is 8.14. The summed E-state index contributed by atoms with van der Waals surface area (Å²) >= 11 is 0. The molecule has 2 N–H and O–H groups in total. The van der Waals surface area contributed by atoms with E-state index in [0.717, 1.165) is 12.1 Å². The molecule has 130 valence electrons.